The topological polar surface area (TPSA) is 58.4 Å². The number of nitrogens with one attached hydrogen (secondary N) is 1. The zero-order chi connectivity index (χ0) is 14.3. The van der Waals surface area contributed by atoms with Crippen molar-refractivity contribution in [2.75, 3.05) is 25.5 Å². The van der Waals surface area contributed by atoms with Crippen LogP contribution in [-0.4, -0.2) is 30.9 Å². The Labute approximate surface area is 116 Å². The molecule has 0 aromatic heterocycles. The van der Waals surface area contributed by atoms with Crippen LogP contribution in [0.25, 0.3) is 0 Å². The number of hydrogen-bond acceptors (Lipinski definition) is 3. The van der Waals surface area contributed by atoms with Crippen LogP contribution < -0.4 is 11.1 Å². The highest BCUT2D eigenvalue weighted by Crippen LogP contribution is 2.10. The van der Waals surface area contributed by atoms with Crippen molar-refractivity contribution in [2.24, 2.45) is 11.7 Å². The minimum Gasteiger partial charge on any atom is -0.326 e. The number of carbonyl (C=O) groups excluding carboxylic acids is 1. The average Bonchev–Trinajstić information content (AvgIpc) is 2.36. The van der Waals surface area contributed by atoms with Crippen molar-refractivity contribution >= 4 is 11.6 Å². The first kappa shape index (κ1) is 15.7. The molecule has 0 saturated carbocycles. The van der Waals surface area contributed by atoms with Crippen LogP contribution in [0.2, 0.25) is 0 Å². The van der Waals surface area contributed by atoms with Gasteiger partial charge in [-0.2, -0.15) is 0 Å². The highest BCUT2D eigenvalue weighted by molar-refractivity contribution is 5.90. The summed E-state index contributed by atoms with van der Waals surface area (Å²) < 4.78 is 0. The first-order valence-electron chi connectivity index (χ1n) is 6.78. The van der Waals surface area contributed by atoms with Gasteiger partial charge in [0.05, 0.1) is 0 Å². The Bertz CT molecular complexity index is 404. The number of hydrogen-bond donors (Lipinski definition) is 2. The summed E-state index contributed by atoms with van der Waals surface area (Å²) in [5, 5.41) is 2.90. The van der Waals surface area contributed by atoms with E-state index >= 15 is 0 Å². The molecule has 0 spiro atoms. The minimum atomic E-state index is 0.0461. The van der Waals surface area contributed by atoms with Gasteiger partial charge in [-0.05, 0) is 30.7 Å². The van der Waals surface area contributed by atoms with E-state index in [1.165, 1.54) is 0 Å². The lowest BCUT2D eigenvalue weighted by molar-refractivity contribution is -0.116. The zero-order valence-corrected chi connectivity index (χ0v) is 12.1. The third-order valence-electron chi connectivity index (χ3n) is 2.84. The summed E-state index contributed by atoms with van der Waals surface area (Å²) >= 11 is 0. The van der Waals surface area contributed by atoms with Gasteiger partial charge in [-0.1, -0.05) is 26.0 Å². The van der Waals surface area contributed by atoms with Gasteiger partial charge in [0.15, 0.2) is 0 Å². The van der Waals surface area contributed by atoms with E-state index in [0.29, 0.717) is 18.9 Å². The first-order chi connectivity index (χ1) is 9.01. The van der Waals surface area contributed by atoms with E-state index in [0.717, 1.165) is 24.3 Å². The maximum Gasteiger partial charge on any atom is 0.225 e. The molecule has 0 atom stereocenters. The number of amides is 1. The van der Waals surface area contributed by atoms with E-state index in [1.54, 1.807) is 0 Å². The van der Waals surface area contributed by atoms with E-state index in [2.05, 4.69) is 24.1 Å². The van der Waals surface area contributed by atoms with Crippen molar-refractivity contribution in [3.05, 3.63) is 29.8 Å². The normalized spacial score (nSPS) is 11.1. The Hall–Kier alpha value is -1.39. The molecule has 0 unspecified atom stereocenters. The third kappa shape index (κ3) is 6.36. The summed E-state index contributed by atoms with van der Waals surface area (Å²) in [4.78, 5) is 14.0. The van der Waals surface area contributed by atoms with Gasteiger partial charge < -0.3 is 16.0 Å². The standard InChI is InChI=1S/C15H25N3O/c1-12(2)11-18(3)8-7-15(19)17-14-6-4-5-13(9-14)10-16/h4-6,9,12H,7-8,10-11,16H2,1-3H3,(H,17,19). The second kappa shape index (κ2) is 7.92. The number of benzene rings is 1. The smallest absolute Gasteiger partial charge is 0.225 e. The molecule has 0 aliphatic rings. The zero-order valence-electron chi connectivity index (χ0n) is 12.1. The Kier molecular flexibility index (Phi) is 6.53. The van der Waals surface area contributed by atoms with Gasteiger partial charge in [0.25, 0.3) is 0 Å². The molecular formula is C15H25N3O. The Morgan fingerprint density at radius 2 is 2.16 bits per heavy atom. The number of rotatable bonds is 7. The lowest BCUT2D eigenvalue weighted by Gasteiger charge is -2.18. The van der Waals surface area contributed by atoms with Crippen molar-refractivity contribution in [3.8, 4) is 0 Å². The van der Waals surface area contributed by atoms with Gasteiger partial charge >= 0.3 is 0 Å². The highest BCUT2D eigenvalue weighted by atomic mass is 16.1. The van der Waals surface area contributed by atoms with Gasteiger partial charge in [-0.15, -0.1) is 0 Å². The molecule has 0 radical (unpaired) electrons. The van der Waals surface area contributed by atoms with Crippen LogP contribution in [0.1, 0.15) is 25.8 Å². The molecule has 0 aliphatic heterocycles. The van der Waals surface area contributed by atoms with E-state index < -0.39 is 0 Å². The van der Waals surface area contributed by atoms with Crippen LogP contribution in [0.3, 0.4) is 0 Å². The summed E-state index contributed by atoms with van der Waals surface area (Å²) in [7, 11) is 2.04. The van der Waals surface area contributed by atoms with Crippen LogP contribution >= 0.6 is 0 Å². The quantitative estimate of drug-likeness (QED) is 0.791. The lowest BCUT2D eigenvalue weighted by Crippen LogP contribution is -2.27. The first-order valence-corrected chi connectivity index (χ1v) is 6.78. The Balaban J connectivity index is 2.38. The second-order valence-electron chi connectivity index (χ2n) is 5.36. The van der Waals surface area contributed by atoms with Crippen LogP contribution in [-0.2, 0) is 11.3 Å². The Morgan fingerprint density at radius 1 is 1.42 bits per heavy atom. The number of nitrogens with zero attached hydrogens (tertiary/aromatic N) is 1. The van der Waals surface area contributed by atoms with E-state index in [4.69, 9.17) is 5.73 Å². The predicted octanol–water partition coefficient (Wildman–Crippen LogP) is 2.06. The molecule has 1 aromatic carbocycles. The molecular weight excluding hydrogens is 238 g/mol. The van der Waals surface area contributed by atoms with Crippen molar-refractivity contribution in [1.82, 2.24) is 4.90 Å². The fourth-order valence-corrected chi connectivity index (χ4v) is 2.01. The predicted molar refractivity (Wildman–Crippen MR) is 79.9 cm³/mol. The molecule has 4 heteroatoms. The van der Waals surface area contributed by atoms with Crippen LogP contribution in [0.4, 0.5) is 5.69 Å². The average molecular weight is 263 g/mol. The monoisotopic (exact) mass is 263 g/mol. The Morgan fingerprint density at radius 3 is 2.79 bits per heavy atom. The largest absolute Gasteiger partial charge is 0.326 e. The summed E-state index contributed by atoms with van der Waals surface area (Å²) in [6.07, 6.45) is 0.510. The fraction of sp³-hybridized carbons (Fsp3) is 0.533. The number of carbonyl (C=O) groups is 1. The van der Waals surface area contributed by atoms with E-state index in [9.17, 15) is 4.79 Å². The number of nitrogens with two attached hydrogens (primary N) is 1. The summed E-state index contributed by atoms with van der Waals surface area (Å²) in [6, 6.07) is 7.65. The van der Waals surface area contributed by atoms with E-state index in [-0.39, 0.29) is 5.91 Å². The van der Waals surface area contributed by atoms with Crippen LogP contribution in [0.15, 0.2) is 24.3 Å². The van der Waals surface area contributed by atoms with Gasteiger partial charge in [0.1, 0.15) is 0 Å². The molecule has 4 nitrogen and oxygen atoms in total. The molecule has 19 heavy (non-hydrogen) atoms. The van der Waals surface area contributed by atoms with Crippen LogP contribution in [0.5, 0.6) is 0 Å². The summed E-state index contributed by atoms with van der Waals surface area (Å²) in [6.45, 7) is 6.63. The maximum atomic E-state index is 11.8. The fourth-order valence-electron chi connectivity index (χ4n) is 2.01. The minimum absolute atomic E-state index is 0.0461. The SMILES string of the molecule is CC(C)CN(C)CCC(=O)Nc1cccc(CN)c1. The summed E-state index contributed by atoms with van der Waals surface area (Å²) in [5.41, 5.74) is 7.42. The molecule has 0 fully saturated rings. The van der Waals surface area contributed by atoms with Gasteiger partial charge in [-0.25, -0.2) is 0 Å². The van der Waals surface area contributed by atoms with Gasteiger partial charge in [0.2, 0.25) is 5.91 Å². The molecule has 3 N–H and O–H groups in total. The third-order valence-corrected chi connectivity index (χ3v) is 2.84. The van der Waals surface area contributed by atoms with Gasteiger partial charge in [0, 0.05) is 31.7 Å². The molecule has 1 aromatic rings. The second-order valence-corrected chi connectivity index (χ2v) is 5.36. The molecule has 1 amide bonds. The molecule has 0 bridgehead atoms. The molecule has 0 heterocycles. The number of anilines is 1. The molecule has 0 saturated heterocycles. The lowest BCUT2D eigenvalue weighted by atomic mass is 10.2. The molecule has 106 valence electrons. The van der Waals surface area contributed by atoms with Crippen molar-refractivity contribution in [3.63, 3.8) is 0 Å². The van der Waals surface area contributed by atoms with Crippen molar-refractivity contribution in [2.45, 2.75) is 26.8 Å². The van der Waals surface area contributed by atoms with Crippen molar-refractivity contribution in [1.29, 1.82) is 0 Å². The molecule has 1 rings (SSSR count). The van der Waals surface area contributed by atoms with Gasteiger partial charge in [-0.3, -0.25) is 4.79 Å². The molecule has 0 aliphatic carbocycles. The maximum absolute atomic E-state index is 11.8. The summed E-state index contributed by atoms with van der Waals surface area (Å²) in [5.74, 6) is 0.666. The van der Waals surface area contributed by atoms with Crippen LogP contribution in [0, 0.1) is 5.92 Å². The van der Waals surface area contributed by atoms with Crippen molar-refractivity contribution < 1.29 is 4.79 Å². The van der Waals surface area contributed by atoms with E-state index in [1.807, 2.05) is 31.3 Å². The highest BCUT2D eigenvalue weighted by Gasteiger charge is 2.06.